The number of ether oxygens (including phenoxy) is 1. The van der Waals surface area contributed by atoms with E-state index in [1.165, 1.54) is 61.9 Å². The predicted octanol–water partition coefficient (Wildman–Crippen LogP) is 6.01. The zero-order valence-corrected chi connectivity index (χ0v) is 28.2. The summed E-state index contributed by atoms with van der Waals surface area (Å²) in [4.78, 5) is 35.5. The summed E-state index contributed by atoms with van der Waals surface area (Å²) < 4.78 is 94.5. The average molecular weight is 726 g/mol. The van der Waals surface area contributed by atoms with E-state index in [1.807, 2.05) is 0 Å². The normalized spacial score (nSPS) is 17.3. The summed E-state index contributed by atoms with van der Waals surface area (Å²) in [6.45, 7) is -1.58. The van der Waals surface area contributed by atoms with Crippen molar-refractivity contribution in [1.82, 2.24) is 20.6 Å². The molecular formula is C35H31F4N5O6S. The molecule has 266 valence electrons. The molecule has 2 amide bonds. The molecule has 51 heavy (non-hydrogen) atoms. The van der Waals surface area contributed by atoms with Crippen LogP contribution in [0.4, 0.5) is 23.2 Å². The molecule has 5 aromatic rings. The maximum Gasteiger partial charge on any atom is 0.345 e. The summed E-state index contributed by atoms with van der Waals surface area (Å²) >= 11 is 0. The van der Waals surface area contributed by atoms with E-state index in [0.29, 0.717) is 0 Å². The van der Waals surface area contributed by atoms with E-state index in [-0.39, 0.29) is 75.4 Å². The zero-order valence-electron chi connectivity index (χ0n) is 27.4. The van der Waals surface area contributed by atoms with Crippen LogP contribution >= 0.6 is 0 Å². The van der Waals surface area contributed by atoms with Crippen LogP contribution < -0.4 is 14.9 Å². The van der Waals surface area contributed by atoms with Gasteiger partial charge in [-0.3, -0.25) is 13.9 Å². The number of benzene rings is 3. The first-order valence-corrected chi connectivity index (χ1v) is 17.5. The number of hydrogen-bond donors (Lipinski definition) is 2. The molecule has 1 fully saturated rings. The van der Waals surface area contributed by atoms with Gasteiger partial charge in [-0.1, -0.05) is 12.1 Å². The number of anilines is 1. The lowest BCUT2D eigenvalue weighted by Crippen LogP contribution is -2.58. The molecule has 11 nitrogen and oxygen atoms in total. The van der Waals surface area contributed by atoms with Gasteiger partial charge in [-0.15, -0.1) is 0 Å². The number of sulfonamides is 1. The Bertz CT molecular complexity index is 2230. The Kier molecular flexibility index (Phi) is 9.57. The molecule has 1 aliphatic carbocycles. The Hall–Kier alpha value is -5.35. The quantitative estimate of drug-likeness (QED) is 0.158. The molecule has 6 rings (SSSR count). The van der Waals surface area contributed by atoms with Gasteiger partial charge in [0, 0.05) is 61.6 Å². The molecule has 0 spiro atoms. The van der Waals surface area contributed by atoms with E-state index < -0.39 is 51.7 Å². The van der Waals surface area contributed by atoms with Gasteiger partial charge >= 0.3 is 6.61 Å². The van der Waals surface area contributed by atoms with Gasteiger partial charge in [-0.25, -0.2) is 27.2 Å². The van der Waals surface area contributed by atoms with Crippen molar-refractivity contribution in [2.24, 2.45) is 0 Å². The number of halogens is 4. The molecule has 0 bridgehead atoms. The average Bonchev–Trinajstić information content (AvgIpc) is 3.47. The number of alkyl halides is 2. The van der Waals surface area contributed by atoms with Gasteiger partial charge in [-0.2, -0.15) is 8.78 Å². The highest BCUT2D eigenvalue weighted by Gasteiger charge is 2.50. The van der Waals surface area contributed by atoms with E-state index in [2.05, 4.69) is 25.3 Å². The minimum Gasteiger partial charge on any atom is -0.455 e. The van der Waals surface area contributed by atoms with E-state index in [1.54, 1.807) is 13.0 Å². The molecule has 1 saturated carbocycles. The number of hydrogen-bond acceptors (Lipinski definition) is 8. The highest BCUT2D eigenvalue weighted by Crippen LogP contribution is 2.45. The highest BCUT2D eigenvalue weighted by molar-refractivity contribution is 7.92. The second kappa shape index (κ2) is 13.8. The third-order valence-corrected chi connectivity index (χ3v) is 9.88. The monoisotopic (exact) mass is 725 g/mol. The van der Waals surface area contributed by atoms with Crippen molar-refractivity contribution >= 4 is 38.5 Å². The SMILES string of the molecule is CCN(c1cc2oc(-c3ccc(F)cc3)c(C(=O)NC)c2c(F)c1-c1cccc(C(=O)NC2(c3ncccn3)CC(OC(F)F)C2)c1)S(C)(=O)=O. The number of carbonyl (C=O) groups is 2. The van der Waals surface area contributed by atoms with Crippen LogP contribution in [-0.2, 0) is 20.3 Å². The van der Waals surface area contributed by atoms with Crippen LogP contribution in [0.2, 0.25) is 0 Å². The summed E-state index contributed by atoms with van der Waals surface area (Å²) in [7, 11) is -2.67. The second-order valence-electron chi connectivity index (χ2n) is 11.9. The molecule has 0 aliphatic heterocycles. The summed E-state index contributed by atoms with van der Waals surface area (Å²) in [6, 6.07) is 13.6. The first-order chi connectivity index (χ1) is 24.3. The summed E-state index contributed by atoms with van der Waals surface area (Å²) in [5.41, 5.74) is -1.65. The number of carbonyl (C=O) groups excluding carboxylic acids is 2. The van der Waals surface area contributed by atoms with Crippen molar-refractivity contribution < 1.29 is 44.7 Å². The maximum absolute atomic E-state index is 17.2. The third kappa shape index (κ3) is 6.76. The van der Waals surface area contributed by atoms with Gasteiger partial charge in [0.25, 0.3) is 11.8 Å². The van der Waals surface area contributed by atoms with Crippen LogP contribution in [0.3, 0.4) is 0 Å². The Balaban J connectivity index is 1.50. The van der Waals surface area contributed by atoms with Crippen LogP contribution in [0, 0.1) is 11.6 Å². The van der Waals surface area contributed by atoms with Crippen molar-refractivity contribution in [1.29, 1.82) is 0 Å². The fourth-order valence-electron chi connectivity index (χ4n) is 6.35. The number of fused-ring (bicyclic) bond motifs is 1. The van der Waals surface area contributed by atoms with Gasteiger partial charge < -0.3 is 19.8 Å². The lowest BCUT2D eigenvalue weighted by Gasteiger charge is -2.46. The molecule has 16 heteroatoms. The predicted molar refractivity (Wildman–Crippen MR) is 180 cm³/mol. The van der Waals surface area contributed by atoms with Gasteiger partial charge in [0.1, 0.15) is 28.5 Å². The van der Waals surface area contributed by atoms with E-state index >= 15 is 4.39 Å². The standard InChI is InChI=1S/C35H31F4N5O6S/c1-4-44(51(3,47)48)24-16-25-27(28(32(46)40-2)30(50-25)19-9-11-22(36)12-10-19)29(37)26(24)20-7-5-8-21(15-20)31(45)43-35(33-41-13-6-14-42-33)17-23(18-35)49-34(38)39/h5-16,23,34H,4,17-18H2,1-3H3,(H,40,46)(H,43,45). The Labute approximate surface area is 289 Å². The number of furan rings is 1. The molecule has 3 aromatic carbocycles. The topological polar surface area (TPSA) is 144 Å². The van der Waals surface area contributed by atoms with E-state index in [4.69, 9.17) is 4.42 Å². The Morgan fingerprint density at radius 2 is 1.71 bits per heavy atom. The highest BCUT2D eigenvalue weighted by atomic mass is 32.2. The van der Waals surface area contributed by atoms with Gasteiger partial charge in [0.05, 0.1) is 29.0 Å². The largest absolute Gasteiger partial charge is 0.455 e. The maximum atomic E-state index is 17.2. The summed E-state index contributed by atoms with van der Waals surface area (Å²) in [5.74, 6) is -2.86. The molecule has 2 aromatic heterocycles. The van der Waals surface area contributed by atoms with Gasteiger partial charge in [0.15, 0.2) is 5.82 Å². The van der Waals surface area contributed by atoms with Crippen LogP contribution in [0.5, 0.6) is 0 Å². The molecule has 0 unspecified atom stereocenters. The first-order valence-electron chi connectivity index (χ1n) is 15.6. The van der Waals surface area contributed by atoms with Crippen molar-refractivity contribution in [3.63, 3.8) is 0 Å². The van der Waals surface area contributed by atoms with Crippen LogP contribution in [0.15, 0.2) is 77.5 Å². The minimum absolute atomic E-state index is 0.0135. The molecule has 0 atom stereocenters. The molecule has 0 saturated heterocycles. The number of nitrogens with zero attached hydrogens (tertiary/aromatic N) is 3. The number of nitrogens with one attached hydrogen (secondary N) is 2. The number of amides is 2. The van der Waals surface area contributed by atoms with E-state index in [0.717, 1.165) is 22.7 Å². The van der Waals surface area contributed by atoms with Gasteiger partial charge in [0.2, 0.25) is 10.0 Å². The molecule has 2 heterocycles. The lowest BCUT2D eigenvalue weighted by atomic mass is 9.73. The third-order valence-electron chi connectivity index (χ3n) is 8.62. The molecule has 1 aliphatic rings. The van der Waals surface area contributed by atoms with Crippen LogP contribution in [0.25, 0.3) is 33.4 Å². The van der Waals surface area contributed by atoms with Crippen molar-refractivity contribution in [2.75, 3.05) is 24.2 Å². The minimum atomic E-state index is -4.01. The smallest absolute Gasteiger partial charge is 0.345 e. The lowest BCUT2D eigenvalue weighted by molar-refractivity contribution is -0.198. The fraction of sp³-hybridized carbons (Fsp3) is 0.257. The van der Waals surface area contributed by atoms with Crippen molar-refractivity contribution in [3.05, 3.63) is 102 Å². The van der Waals surface area contributed by atoms with Gasteiger partial charge in [-0.05, 0) is 55.0 Å². The van der Waals surface area contributed by atoms with E-state index in [9.17, 15) is 31.2 Å². The fourth-order valence-corrected chi connectivity index (χ4v) is 7.32. The first kappa shape index (κ1) is 35.5. The molecular weight excluding hydrogens is 694 g/mol. The Morgan fingerprint density at radius 1 is 1.02 bits per heavy atom. The Morgan fingerprint density at radius 3 is 2.31 bits per heavy atom. The van der Waals surface area contributed by atoms with Crippen LogP contribution in [-0.4, -0.2) is 62.8 Å². The second-order valence-corrected chi connectivity index (χ2v) is 13.8. The summed E-state index contributed by atoms with van der Waals surface area (Å²) in [6.07, 6.45) is 2.89. The molecule has 2 N–H and O–H groups in total. The number of rotatable bonds is 11. The number of aromatic nitrogens is 2. The van der Waals surface area contributed by atoms with Crippen LogP contribution in [0.1, 0.15) is 46.3 Å². The summed E-state index contributed by atoms with van der Waals surface area (Å²) in [5, 5.41) is 5.03. The molecule has 0 radical (unpaired) electrons. The van der Waals surface area contributed by atoms with Crippen molar-refractivity contribution in [2.45, 2.75) is 38.0 Å². The zero-order chi connectivity index (χ0) is 36.7. The van der Waals surface area contributed by atoms with Crippen molar-refractivity contribution in [3.8, 4) is 22.5 Å².